The predicted octanol–water partition coefficient (Wildman–Crippen LogP) is 2.77. The van der Waals surface area contributed by atoms with Crippen molar-refractivity contribution < 1.29 is 9.90 Å². The summed E-state index contributed by atoms with van der Waals surface area (Å²) in [5, 5.41) is 19.2. The van der Waals surface area contributed by atoms with Crippen LogP contribution in [0.5, 0.6) is 0 Å². The second-order valence-corrected chi connectivity index (χ2v) is 6.76. The first-order chi connectivity index (χ1) is 11.4. The Kier molecular flexibility index (Phi) is 5.98. The fourth-order valence-electron chi connectivity index (χ4n) is 2.39. The van der Waals surface area contributed by atoms with Crippen LogP contribution in [-0.2, 0) is 6.54 Å². The number of carbonyl (C=O) groups is 1. The quantitative estimate of drug-likeness (QED) is 0.730. The lowest BCUT2D eigenvalue weighted by Gasteiger charge is -2.23. The Bertz CT molecular complexity index is 665. The molecule has 0 aliphatic carbocycles. The molecule has 1 aromatic carbocycles. The second kappa shape index (κ2) is 7.97. The number of anilines is 1. The van der Waals surface area contributed by atoms with Gasteiger partial charge in [-0.25, -0.2) is 9.48 Å². The highest BCUT2D eigenvalue weighted by Gasteiger charge is 2.18. The summed E-state index contributed by atoms with van der Waals surface area (Å²) >= 11 is 0. The smallest absolute Gasteiger partial charge is 0.320 e. The molecule has 6 nitrogen and oxygen atoms in total. The third-order valence-corrected chi connectivity index (χ3v) is 3.83. The van der Waals surface area contributed by atoms with Crippen LogP contribution in [0.2, 0.25) is 0 Å². The van der Waals surface area contributed by atoms with E-state index in [9.17, 15) is 4.79 Å². The first kappa shape index (κ1) is 18.0. The van der Waals surface area contributed by atoms with E-state index in [1.807, 2.05) is 57.2 Å². The highest BCUT2D eigenvalue weighted by Crippen LogP contribution is 2.18. The number of benzene rings is 1. The number of aryl methyl sites for hydroxylation is 1. The topological polar surface area (TPSA) is 79.2 Å². The number of amides is 2. The highest BCUT2D eigenvalue weighted by atomic mass is 16.3. The first-order valence-electron chi connectivity index (χ1n) is 8.14. The molecule has 1 heterocycles. The minimum Gasteiger partial charge on any atom is -0.396 e. The summed E-state index contributed by atoms with van der Waals surface area (Å²) in [5.41, 5.74) is 1.82. The zero-order valence-electron chi connectivity index (χ0n) is 14.5. The minimum atomic E-state index is -0.268. The van der Waals surface area contributed by atoms with E-state index in [4.69, 9.17) is 5.11 Å². The summed E-state index contributed by atoms with van der Waals surface area (Å²) in [4.78, 5) is 12.2. The molecule has 0 saturated heterocycles. The molecule has 0 fully saturated rings. The van der Waals surface area contributed by atoms with E-state index in [0.717, 1.165) is 11.3 Å². The zero-order chi connectivity index (χ0) is 17.6. The predicted molar refractivity (Wildman–Crippen MR) is 95.0 cm³/mol. The molecule has 1 aromatic heterocycles. The van der Waals surface area contributed by atoms with Crippen molar-refractivity contribution in [2.75, 3.05) is 18.5 Å². The molecule has 130 valence electrons. The Hall–Kier alpha value is -2.34. The third kappa shape index (κ3) is 5.38. The molecule has 2 rings (SSSR count). The molecule has 0 spiro atoms. The molecule has 0 saturated carbocycles. The number of nitrogens with one attached hydrogen (secondary N) is 2. The van der Waals surface area contributed by atoms with Gasteiger partial charge in [0.1, 0.15) is 5.82 Å². The number of carbonyl (C=O) groups excluding carboxylic acids is 1. The largest absolute Gasteiger partial charge is 0.396 e. The minimum absolute atomic E-state index is 0.110. The highest BCUT2D eigenvalue weighted by molar-refractivity contribution is 5.88. The van der Waals surface area contributed by atoms with Crippen molar-refractivity contribution in [3.63, 3.8) is 0 Å². The summed E-state index contributed by atoms with van der Waals surface area (Å²) in [6.07, 6.45) is 0.637. The molecule has 2 aromatic rings. The molecule has 0 aliphatic rings. The number of aliphatic hydroxyl groups excluding tert-OH is 1. The number of nitrogens with zero attached hydrogens (tertiary/aromatic N) is 2. The molecule has 2 amide bonds. The molecular formula is C18H26N4O2. The Morgan fingerprint density at radius 3 is 2.67 bits per heavy atom. The van der Waals surface area contributed by atoms with Gasteiger partial charge in [0, 0.05) is 19.2 Å². The summed E-state index contributed by atoms with van der Waals surface area (Å²) in [6.45, 7) is 7.11. The lowest BCUT2D eigenvalue weighted by Crippen LogP contribution is -2.37. The van der Waals surface area contributed by atoms with Crippen LogP contribution < -0.4 is 10.6 Å². The van der Waals surface area contributed by atoms with E-state index in [1.165, 1.54) is 0 Å². The van der Waals surface area contributed by atoms with Crippen LogP contribution in [0.25, 0.3) is 0 Å². The van der Waals surface area contributed by atoms with E-state index < -0.39 is 0 Å². The Labute approximate surface area is 142 Å². The molecule has 6 heteroatoms. The molecular weight excluding hydrogens is 304 g/mol. The van der Waals surface area contributed by atoms with Gasteiger partial charge in [-0.3, -0.25) is 5.32 Å². The number of aromatic nitrogens is 2. The fourth-order valence-corrected chi connectivity index (χ4v) is 2.39. The van der Waals surface area contributed by atoms with Crippen LogP contribution in [0.4, 0.5) is 10.6 Å². The van der Waals surface area contributed by atoms with Crippen LogP contribution in [0, 0.1) is 12.3 Å². The van der Waals surface area contributed by atoms with Crippen LogP contribution in [0.3, 0.4) is 0 Å². The van der Waals surface area contributed by atoms with Crippen molar-refractivity contribution in [2.45, 2.75) is 33.7 Å². The molecule has 0 radical (unpaired) electrons. The summed E-state index contributed by atoms with van der Waals surface area (Å²) in [7, 11) is 0. The van der Waals surface area contributed by atoms with Crippen molar-refractivity contribution >= 4 is 11.8 Å². The first-order valence-corrected chi connectivity index (χ1v) is 8.14. The van der Waals surface area contributed by atoms with E-state index in [2.05, 4.69) is 15.7 Å². The maximum atomic E-state index is 12.2. The van der Waals surface area contributed by atoms with Gasteiger partial charge in [-0.2, -0.15) is 5.10 Å². The molecule has 24 heavy (non-hydrogen) atoms. The van der Waals surface area contributed by atoms with Crippen molar-refractivity contribution in [1.29, 1.82) is 0 Å². The number of urea groups is 1. The van der Waals surface area contributed by atoms with Crippen LogP contribution in [0.15, 0.2) is 36.4 Å². The van der Waals surface area contributed by atoms with Gasteiger partial charge in [0.2, 0.25) is 0 Å². The molecule has 0 atom stereocenters. The molecule has 0 aliphatic heterocycles. The maximum Gasteiger partial charge on any atom is 0.320 e. The lowest BCUT2D eigenvalue weighted by atomic mass is 9.90. The van der Waals surface area contributed by atoms with Gasteiger partial charge in [-0.05, 0) is 24.3 Å². The zero-order valence-corrected chi connectivity index (χ0v) is 14.5. The SMILES string of the molecule is Cc1cc(NC(=O)NCC(C)(C)CCO)n(Cc2ccccc2)n1. The van der Waals surface area contributed by atoms with Crippen molar-refractivity contribution in [3.05, 3.63) is 47.7 Å². The maximum absolute atomic E-state index is 12.2. The van der Waals surface area contributed by atoms with Gasteiger partial charge in [-0.1, -0.05) is 44.2 Å². The van der Waals surface area contributed by atoms with E-state index >= 15 is 0 Å². The third-order valence-electron chi connectivity index (χ3n) is 3.83. The monoisotopic (exact) mass is 330 g/mol. The second-order valence-electron chi connectivity index (χ2n) is 6.76. The average molecular weight is 330 g/mol. The van der Waals surface area contributed by atoms with Gasteiger partial charge < -0.3 is 10.4 Å². The van der Waals surface area contributed by atoms with Crippen LogP contribution in [-0.4, -0.2) is 34.1 Å². The van der Waals surface area contributed by atoms with Crippen molar-refractivity contribution in [2.24, 2.45) is 5.41 Å². The van der Waals surface area contributed by atoms with Gasteiger partial charge in [0.05, 0.1) is 12.2 Å². The molecule has 3 N–H and O–H groups in total. The van der Waals surface area contributed by atoms with E-state index in [0.29, 0.717) is 25.3 Å². The lowest BCUT2D eigenvalue weighted by molar-refractivity contribution is 0.204. The fraction of sp³-hybridized carbons (Fsp3) is 0.444. The van der Waals surface area contributed by atoms with Gasteiger partial charge in [0.25, 0.3) is 0 Å². The van der Waals surface area contributed by atoms with E-state index in [-0.39, 0.29) is 18.1 Å². The average Bonchev–Trinajstić information content (AvgIpc) is 2.86. The van der Waals surface area contributed by atoms with Gasteiger partial charge in [0.15, 0.2) is 0 Å². The van der Waals surface area contributed by atoms with Crippen molar-refractivity contribution in [3.8, 4) is 0 Å². The number of rotatable bonds is 7. The summed E-state index contributed by atoms with van der Waals surface area (Å²) in [5.74, 6) is 0.661. The Morgan fingerprint density at radius 1 is 1.29 bits per heavy atom. The van der Waals surface area contributed by atoms with Gasteiger partial charge in [-0.15, -0.1) is 0 Å². The van der Waals surface area contributed by atoms with Gasteiger partial charge >= 0.3 is 6.03 Å². The standard InChI is InChI=1S/C18H26N4O2/c1-14-11-16(20-17(24)19-13-18(2,3)9-10-23)22(21-14)12-15-7-5-4-6-8-15/h4-8,11,23H,9-10,12-13H2,1-3H3,(H2,19,20,24). The summed E-state index contributed by atoms with van der Waals surface area (Å²) < 4.78 is 1.78. The van der Waals surface area contributed by atoms with E-state index in [1.54, 1.807) is 4.68 Å². The summed E-state index contributed by atoms with van der Waals surface area (Å²) in [6, 6.07) is 11.6. The van der Waals surface area contributed by atoms with Crippen LogP contribution >= 0.6 is 0 Å². The Balaban J connectivity index is 1.98. The number of hydrogen-bond acceptors (Lipinski definition) is 3. The molecule has 0 bridgehead atoms. The molecule has 0 unspecified atom stereocenters. The normalized spacial score (nSPS) is 11.3. The Morgan fingerprint density at radius 2 is 2.00 bits per heavy atom. The van der Waals surface area contributed by atoms with Crippen molar-refractivity contribution in [1.82, 2.24) is 15.1 Å². The number of aliphatic hydroxyl groups is 1. The van der Waals surface area contributed by atoms with Crippen LogP contribution in [0.1, 0.15) is 31.5 Å². The number of hydrogen-bond donors (Lipinski definition) is 3.